The van der Waals surface area contributed by atoms with Crippen LogP contribution >= 0.6 is 0 Å². The molecule has 1 atom stereocenters. The number of piperidine rings is 1. The first kappa shape index (κ1) is 13.1. The largest absolute Gasteiger partial charge is 0.352 e. The highest BCUT2D eigenvalue weighted by atomic mass is 16.2. The first-order valence-corrected chi connectivity index (χ1v) is 7.14. The summed E-state index contributed by atoms with van der Waals surface area (Å²) in [6, 6.07) is 5.40. The fourth-order valence-electron chi connectivity index (χ4n) is 2.79. The lowest BCUT2D eigenvalue weighted by Gasteiger charge is -2.22. The number of carbonyl (C=O) groups excluding carboxylic acids is 2. The summed E-state index contributed by atoms with van der Waals surface area (Å²) in [4.78, 5) is 23.4. The molecule has 2 amide bonds. The van der Waals surface area contributed by atoms with E-state index in [4.69, 9.17) is 0 Å². The van der Waals surface area contributed by atoms with Crippen molar-refractivity contribution in [3.8, 4) is 0 Å². The van der Waals surface area contributed by atoms with E-state index in [1.54, 1.807) is 12.1 Å². The topological polar surface area (TPSA) is 70.2 Å². The lowest BCUT2D eigenvalue weighted by Crippen LogP contribution is -2.38. The highest BCUT2D eigenvalue weighted by Crippen LogP contribution is 2.24. The smallest absolute Gasteiger partial charge is 0.251 e. The molecule has 5 heteroatoms. The van der Waals surface area contributed by atoms with E-state index in [0.29, 0.717) is 24.4 Å². The van der Waals surface area contributed by atoms with E-state index < -0.39 is 0 Å². The van der Waals surface area contributed by atoms with E-state index in [-0.39, 0.29) is 11.8 Å². The van der Waals surface area contributed by atoms with Crippen molar-refractivity contribution in [2.75, 3.05) is 25.0 Å². The second-order valence-electron chi connectivity index (χ2n) is 5.52. The van der Waals surface area contributed by atoms with Crippen molar-refractivity contribution in [3.05, 3.63) is 29.3 Å². The Morgan fingerprint density at radius 2 is 2.30 bits per heavy atom. The minimum Gasteiger partial charge on any atom is -0.352 e. The normalized spacial score (nSPS) is 21.2. The third kappa shape index (κ3) is 2.82. The monoisotopic (exact) mass is 273 g/mol. The number of anilines is 1. The van der Waals surface area contributed by atoms with E-state index in [9.17, 15) is 9.59 Å². The van der Waals surface area contributed by atoms with Crippen molar-refractivity contribution in [3.63, 3.8) is 0 Å². The Morgan fingerprint density at radius 1 is 1.40 bits per heavy atom. The molecule has 106 valence electrons. The van der Waals surface area contributed by atoms with E-state index in [2.05, 4.69) is 16.0 Å². The second-order valence-corrected chi connectivity index (χ2v) is 5.52. The summed E-state index contributed by atoms with van der Waals surface area (Å²) in [5, 5.41) is 9.09. The van der Waals surface area contributed by atoms with E-state index in [0.717, 1.165) is 30.8 Å². The molecular weight excluding hydrogens is 254 g/mol. The maximum absolute atomic E-state index is 12.1. The van der Waals surface area contributed by atoms with Crippen LogP contribution in [0.5, 0.6) is 0 Å². The standard InChI is InChI=1S/C15H19N3O2/c19-14-7-11-3-4-12(6-13(11)18-14)15(20)17-9-10-2-1-5-16-8-10/h3-4,6,10,16H,1-2,5,7-9H2,(H,17,20)(H,18,19). The highest BCUT2D eigenvalue weighted by molar-refractivity contribution is 6.02. The van der Waals surface area contributed by atoms with Crippen LogP contribution in [-0.2, 0) is 11.2 Å². The van der Waals surface area contributed by atoms with Gasteiger partial charge in [0.2, 0.25) is 5.91 Å². The predicted molar refractivity (Wildman–Crippen MR) is 76.7 cm³/mol. The molecule has 2 heterocycles. The molecule has 0 spiro atoms. The van der Waals surface area contributed by atoms with Crippen LogP contribution in [-0.4, -0.2) is 31.4 Å². The van der Waals surface area contributed by atoms with Gasteiger partial charge in [0.05, 0.1) is 6.42 Å². The number of nitrogens with one attached hydrogen (secondary N) is 3. The van der Waals surface area contributed by atoms with Gasteiger partial charge in [-0.05, 0) is 49.5 Å². The third-order valence-electron chi connectivity index (χ3n) is 3.95. The SMILES string of the molecule is O=C1Cc2ccc(C(=O)NCC3CCCNC3)cc2N1. The summed E-state index contributed by atoms with van der Waals surface area (Å²) < 4.78 is 0. The zero-order valence-corrected chi connectivity index (χ0v) is 11.4. The summed E-state index contributed by atoms with van der Waals surface area (Å²) >= 11 is 0. The Balaban J connectivity index is 1.60. The molecule has 0 radical (unpaired) electrons. The van der Waals surface area contributed by atoms with Crippen LogP contribution in [0.1, 0.15) is 28.8 Å². The Labute approximate surface area is 118 Å². The Bertz CT molecular complexity index is 536. The van der Waals surface area contributed by atoms with Crippen molar-refractivity contribution < 1.29 is 9.59 Å². The summed E-state index contributed by atoms with van der Waals surface area (Å²) in [5.41, 5.74) is 2.33. The molecule has 0 saturated carbocycles. The molecule has 1 aromatic rings. The van der Waals surface area contributed by atoms with Crippen molar-refractivity contribution in [1.82, 2.24) is 10.6 Å². The lowest BCUT2D eigenvalue weighted by atomic mass is 9.99. The van der Waals surface area contributed by atoms with Crippen molar-refractivity contribution in [2.24, 2.45) is 5.92 Å². The Morgan fingerprint density at radius 3 is 3.10 bits per heavy atom. The fraction of sp³-hybridized carbons (Fsp3) is 0.467. The molecule has 1 saturated heterocycles. The average Bonchev–Trinajstić information content (AvgIpc) is 2.85. The van der Waals surface area contributed by atoms with Crippen LogP contribution < -0.4 is 16.0 Å². The molecule has 2 aliphatic rings. The van der Waals surface area contributed by atoms with Crippen molar-refractivity contribution in [1.29, 1.82) is 0 Å². The van der Waals surface area contributed by atoms with Crippen LogP contribution in [0, 0.1) is 5.92 Å². The molecule has 1 unspecified atom stereocenters. The zero-order valence-electron chi connectivity index (χ0n) is 11.4. The molecule has 0 aliphatic carbocycles. The molecule has 1 fully saturated rings. The Kier molecular flexibility index (Phi) is 3.69. The average molecular weight is 273 g/mol. The summed E-state index contributed by atoms with van der Waals surface area (Å²) in [6.07, 6.45) is 2.74. The number of carbonyl (C=O) groups is 2. The number of rotatable bonds is 3. The minimum atomic E-state index is -0.0699. The van der Waals surface area contributed by atoms with E-state index >= 15 is 0 Å². The molecule has 3 rings (SSSR count). The molecular formula is C15H19N3O2. The van der Waals surface area contributed by atoms with Gasteiger partial charge < -0.3 is 16.0 Å². The summed E-state index contributed by atoms with van der Waals surface area (Å²) in [7, 11) is 0. The van der Waals surface area contributed by atoms with Crippen molar-refractivity contribution >= 4 is 17.5 Å². The van der Waals surface area contributed by atoms with Gasteiger partial charge >= 0.3 is 0 Å². The molecule has 1 aromatic carbocycles. The fourth-order valence-corrected chi connectivity index (χ4v) is 2.79. The first-order valence-electron chi connectivity index (χ1n) is 7.14. The highest BCUT2D eigenvalue weighted by Gasteiger charge is 2.19. The number of hydrogen-bond acceptors (Lipinski definition) is 3. The van der Waals surface area contributed by atoms with Crippen LogP contribution in [0.4, 0.5) is 5.69 Å². The van der Waals surface area contributed by atoms with Crippen LogP contribution in [0.2, 0.25) is 0 Å². The van der Waals surface area contributed by atoms with Crippen molar-refractivity contribution in [2.45, 2.75) is 19.3 Å². The molecule has 5 nitrogen and oxygen atoms in total. The lowest BCUT2D eigenvalue weighted by molar-refractivity contribution is -0.115. The van der Waals surface area contributed by atoms with Gasteiger partial charge in [-0.1, -0.05) is 6.07 Å². The molecule has 20 heavy (non-hydrogen) atoms. The van der Waals surface area contributed by atoms with Gasteiger partial charge in [0.15, 0.2) is 0 Å². The first-order chi connectivity index (χ1) is 9.72. The molecule has 0 aromatic heterocycles. The Hall–Kier alpha value is -1.88. The number of fused-ring (bicyclic) bond motifs is 1. The van der Waals surface area contributed by atoms with Gasteiger partial charge in [0.1, 0.15) is 0 Å². The minimum absolute atomic E-state index is 0.00848. The summed E-state index contributed by atoms with van der Waals surface area (Å²) in [5.74, 6) is 0.437. The van der Waals surface area contributed by atoms with E-state index in [1.807, 2.05) is 6.07 Å². The van der Waals surface area contributed by atoms with Crippen LogP contribution in [0.15, 0.2) is 18.2 Å². The summed E-state index contributed by atoms with van der Waals surface area (Å²) in [6.45, 7) is 2.75. The van der Waals surface area contributed by atoms with Crippen LogP contribution in [0.25, 0.3) is 0 Å². The van der Waals surface area contributed by atoms with Gasteiger partial charge in [0.25, 0.3) is 5.91 Å². The molecule has 2 aliphatic heterocycles. The van der Waals surface area contributed by atoms with Gasteiger partial charge in [-0.15, -0.1) is 0 Å². The van der Waals surface area contributed by atoms with Gasteiger partial charge in [-0.2, -0.15) is 0 Å². The van der Waals surface area contributed by atoms with Gasteiger partial charge in [0, 0.05) is 17.8 Å². The number of hydrogen-bond donors (Lipinski definition) is 3. The van der Waals surface area contributed by atoms with E-state index in [1.165, 1.54) is 6.42 Å². The second kappa shape index (κ2) is 5.63. The number of benzene rings is 1. The quantitative estimate of drug-likeness (QED) is 0.766. The number of amides is 2. The van der Waals surface area contributed by atoms with Crippen LogP contribution in [0.3, 0.4) is 0 Å². The molecule has 3 N–H and O–H groups in total. The maximum Gasteiger partial charge on any atom is 0.251 e. The van der Waals surface area contributed by atoms with Gasteiger partial charge in [-0.3, -0.25) is 9.59 Å². The zero-order chi connectivity index (χ0) is 13.9. The maximum atomic E-state index is 12.1. The predicted octanol–water partition coefficient (Wildman–Crippen LogP) is 0.911. The molecule has 0 bridgehead atoms. The third-order valence-corrected chi connectivity index (χ3v) is 3.95. The van der Waals surface area contributed by atoms with Gasteiger partial charge in [-0.25, -0.2) is 0 Å².